The summed E-state index contributed by atoms with van der Waals surface area (Å²) in [4.78, 5) is 2.43. The van der Waals surface area contributed by atoms with Gasteiger partial charge in [0.1, 0.15) is 0 Å². The molecule has 0 radical (unpaired) electrons. The number of morpholine rings is 1. The molecule has 0 aromatic heterocycles. The molecule has 4 heteroatoms. The Morgan fingerprint density at radius 1 is 1.44 bits per heavy atom. The van der Waals surface area contributed by atoms with Crippen LogP contribution in [0.5, 0.6) is 0 Å². The Kier molecular flexibility index (Phi) is 2.65. The van der Waals surface area contributed by atoms with Gasteiger partial charge in [-0.1, -0.05) is 12.1 Å². The maximum absolute atomic E-state index is 5.86. The predicted molar refractivity (Wildman–Crippen MR) is 67.6 cm³/mol. The molecular formula is C12H15BrN2O. The lowest BCUT2D eigenvalue weighted by Crippen LogP contribution is -2.49. The van der Waals surface area contributed by atoms with Gasteiger partial charge in [0.05, 0.1) is 30.5 Å². The molecule has 3 nitrogen and oxygen atoms in total. The lowest BCUT2D eigenvalue weighted by atomic mass is 10.1. The van der Waals surface area contributed by atoms with Crippen molar-refractivity contribution in [1.29, 1.82) is 0 Å². The summed E-state index contributed by atoms with van der Waals surface area (Å²) in [6.45, 7) is 1.49. The fourth-order valence-corrected chi connectivity index (χ4v) is 3.34. The first kappa shape index (κ1) is 10.6. The van der Waals surface area contributed by atoms with Crippen LogP contribution >= 0.6 is 15.9 Å². The van der Waals surface area contributed by atoms with E-state index in [-0.39, 0.29) is 0 Å². The molecule has 2 saturated heterocycles. The average molecular weight is 283 g/mol. The molecule has 0 amide bonds. The second kappa shape index (κ2) is 4.02. The maximum atomic E-state index is 5.86. The van der Waals surface area contributed by atoms with Crippen molar-refractivity contribution in [3.63, 3.8) is 0 Å². The van der Waals surface area contributed by atoms with Gasteiger partial charge in [-0.3, -0.25) is 0 Å². The molecule has 0 spiro atoms. The number of rotatable bonds is 2. The van der Waals surface area contributed by atoms with Crippen LogP contribution in [0.25, 0.3) is 0 Å². The first-order chi connectivity index (χ1) is 7.81. The highest BCUT2D eigenvalue weighted by atomic mass is 79.9. The molecule has 16 heavy (non-hydrogen) atoms. The fourth-order valence-electron chi connectivity index (χ4n) is 2.85. The molecular weight excluding hydrogens is 268 g/mol. The minimum atomic E-state index is 0.321. The molecule has 3 atom stereocenters. The van der Waals surface area contributed by atoms with Gasteiger partial charge in [0.15, 0.2) is 0 Å². The van der Waals surface area contributed by atoms with Crippen molar-refractivity contribution in [2.75, 3.05) is 18.1 Å². The Labute approximate surface area is 104 Å². The largest absolute Gasteiger partial charge is 0.374 e. The van der Waals surface area contributed by atoms with Crippen LogP contribution in [-0.4, -0.2) is 31.3 Å². The summed E-state index contributed by atoms with van der Waals surface area (Å²) in [5.41, 5.74) is 7.11. The van der Waals surface area contributed by atoms with E-state index in [4.69, 9.17) is 10.5 Å². The third-order valence-electron chi connectivity index (χ3n) is 3.56. The summed E-state index contributed by atoms with van der Waals surface area (Å²) in [5.74, 6) is 0. The molecule has 2 N–H and O–H groups in total. The van der Waals surface area contributed by atoms with Gasteiger partial charge in [-0.2, -0.15) is 0 Å². The second-order valence-electron chi connectivity index (χ2n) is 4.42. The van der Waals surface area contributed by atoms with E-state index < -0.39 is 0 Å². The van der Waals surface area contributed by atoms with Crippen molar-refractivity contribution < 1.29 is 4.74 Å². The fraction of sp³-hybridized carbons (Fsp3) is 0.500. The summed E-state index contributed by atoms with van der Waals surface area (Å²) in [7, 11) is 0. The first-order valence-corrected chi connectivity index (χ1v) is 6.45. The molecule has 0 saturated carbocycles. The molecule has 3 unspecified atom stereocenters. The molecule has 2 aliphatic heterocycles. The molecule has 3 rings (SSSR count). The van der Waals surface area contributed by atoms with E-state index >= 15 is 0 Å². The normalized spacial score (nSPS) is 32.4. The highest BCUT2D eigenvalue weighted by Gasteiger charge is 2.46. The highest BCUT2D eigenvalue weighted by Crippen LogP contribution is 2.39. The number of benzene rings is 1. The number of nitrogens with zero attached hydrogens (tertiary/aromatic N) is 1. The molecule has 1 aromatic rings. The molecule has 2 heterocycles. The summed E-state index contributed by atoms with van der Waals surface area (Å²) in [6.07, 6.45) is 1.44. The Hall–Kier alpha value is -0.580. The Balaban J connectivity index is 1.97. The van der Waals surface area contributed by atoms with Crippen molar-refractivity contribution >= 4 is 21.6 Å². The number of hydrogen-bond acceptors (Lipinski definition) is 3. The number of anilines is 1. The number of para-hydroxylation sites is 1. The predicted octanol–water partition coefficient (Wildman–Crippen LogP) is 1.75. The number of ether oxygens (including phenoxy) is 1. The SMILES string of the molecule is NCC1C2CC(CO2)N1c1ccccc1Br. The minimum absolute atomic E-state index is 0.321. The van der Waals surface area contributed by atoms with Crippen molar-refractivity contribution in [3.05, 3.63) is 28.7 Å². The van der Waals surface area contributed by atoms with Crippen LogP contribution in [0.2, 0.25) is 0 Å². The van der Waals surface area contributed by atoms with Crippen LogP contribution in [0.15, 0.2) is 28.7 Å². The molecule has 2 aliphatic rings. The van der Waals surface area contributed by atoms with Crippen molar-refractivity contribution in [1.82, 2.24) is 0 Å². The molecule has 2 bridgehead atoms. The van der Waals surface area contributed by atoms with Crippen LogP contribution in [0, 0.1) is 0 Å². The maximum Gasteiger partial charge on any atom is 0.0812 e. The standard InChI is InChI=1S/C12H15BrN2O/c13-9-3-1-2-4-10(9)15-8-5-12(16-7-8)11(15)6-14/h1-4,8,11-12H,5-7,14H2. The lowest BCUT2D eigenvalue weighted by Gasteiger charge is -2.36. The van der Waals surface area contributed by atoms with E-state index in [0.29, 0.717) is 24.7 Å². The summed E-state index contributed by atoms with van der Waals surface area (Å²) < 4.78 is 6.85. The molecule has 2 fully saturated rings. The van der Waals surface area contributed by atoms with Crippen molar-refractivity contribution in [3.8, 4) is 0 Å². The lowest BCUT2D eigenvalue weighted by molar-refractivity contribution is 0.0720. The molecule has 1 aromatic carbocycles. The van der Waals surface area contributed by atoms with E-state index in [0.717, 1.165) is 17.5 Å². The topological polar surface area (TPSA) is 38.5 Å². The zero-order chi connectivity index (χ0) is 11.1. The van der Waals surface area contributed by atoms with E-state index in [2.05, 4.69) is 39.0 Å². The van der Waals surface area contributed by atoms with Gasteiger partial charge in [0, 0.05) is 11.0 Å². The zero-order valence-electron chi connectivity index (χ0n) is 8.97. The first-order valence-electron chi connectivity index (χ1n) is 5.66. The number of halogens is 1. The Morgan fingerprint density at radius 2 is 2.25 bits per heavy atom. The van der Waals surface area contributed by atoms with Crippen molar-refractivity contribution in [2.45, 2.75) is 24.6 Å². The summed E-state index contributed by atoms with van der Waals surface area (Å²) >= 11 is 3.61. The van der Waals surface area contributed by atoms with E-state index in [1.165, 1.54) is 5.69 Å². The zero-order valence-corrected chi connectivity index (χ0v) is 10.6. The van der Waals surface area contributed by atoms with Gasteiger partial charge in [0.2, 0.25) is 0 Å². The van der Waals surface area contributed by atoms with Gasteiger partial charge in [0.25, 0.3) is 0 Å². The Bertz CT molecular complexity index is 398. The monoisotopic (exact) mass is 282 g/mol. The molecule has 86 valence electrons. The van der Waals surface area contributed by atoms with Gasteiger partial charge < -0.3 is 15.4 Å². The highest BCUT2D eigenvalue weighted by molar-refractivity contribution is 9.10. The Morgan fingerprint density at radius 3 is 3.00 bits per heavy atom. The van der Waals surface area contributed by atoms with Crippen LogP contribution in [0.1, 0.15) is 6.42 Å². The third-order valence-corrected chi connectivity index (χ3v) is 4.23. The quantitative estimate of drug-likeness (QED) is 0.898. The van der Waals surface area contributed by atoms with Crippen LogP contribution in [-0.2, 0) is 4.74 Å². The average Bonchev–Trinajstić information content (AvgIpc) is 2.89. The summed E-state index contributed by atoms with van der Waals surface area (Å²) in [6, 6.07) is 9.16. The minimum Gasteiger partial charge on any atom is -0.374 e. The number of hydrogen-bond donors (Lipinski definition) is 1. The van der Waals surface area contributed by atoms with E-state index in [1.54, 1.807) is 0 Å². The summed E-state index contributed by atoms with van der Waals surface area (Å²) in [5, 5.41) is 0. The van der Waals surface area contributed by atoms with Crippen LogP contribution in [0.4, 0.5) is 5.69 Å². The number of nitrogens with two attached hydrogens (primary N) is 1. The van der Waals surface area contributed by atoms with Gasteiger partial charge in [-0.05, 0) is 34.5 Å². The van der Waals surface area contributed by atoms with Crippen LogP contribution < -0.4 is 10.6 Å². The second-order valence-corrected chi connectivity index (χ2v) is 5.28. The van der Waals surface area contributed by atoms with E-state index in [9.17, 15) is 0 Å². The molecule has 0 aliphatic carbocycles. The third kappa shape index (κ3) is 1.48. The van der Waals surface area contributed by atoms with Gasteiger partial charge in [-0.25, -0.2) is 0 Å². The smallest absolute Gasteiger partial charge is 0.0812 e. The number of fused-ring (bicyclic) bond motifs is 2. The van der Waals surface area contributed by atoms with Crippen LogP contribution in [0.3, 0.4) is 0 Å². The van der Waals surface area contributed by atoms with Gasteiger partial charge in [-0.15, -0.1) is 0 Å². The van der Waals surface area contributed by atoms with Gasteiger partial charge >= 0.3 is 0 Å². The van der Waals surface area contributed by atoms with Crippen molar-refractivity contribution in [2.24, 2.45) is 5.73 Å². The van der Waals surface area contributed by atoms with E-state index in [1.807, 2.05) is 6.07 Å².